The number of benzene rings is 1. The number of halogens is 1. The molecule has 0 fully saturated rings. The lowest BCUT2D eigenvalue weighted by atomic mass is 10.1. The lowest BCUT2D eigenvalue weighted by Gasteiger charge is -1.97. The lowest BCUT2D eigenvalue weighted by molar-refractivity contribution is -0.385. The molecule has 0 radical (unpaired) electrons. The standard InChI is InChI=1S/C10H10FNO2S/c11-9-4-5-10(12(13)14)8(7-9)3-1-2-6-15/h1,3-5,7,15H,2,6H2. The minimum absolute atomic E-state index is 0.0909. The number of nitro groups is 1. The normalized spacial score (nSPS) is 10.8. The van der Waals surface area contributed by atoms with Gasteiger partial charge in [0, 0.05) is 6.07 Å². The molecular formula is C10H10FNO2S. The average molecular weight is 227 g/mol. The van der Waals surface area contributed by atoms with Crippen LogP contribution in [0.2, 0.25) is 0 Å². The lowest BCUT2D eigenvalue weighted by Crippen LogP contribution is -1.92. The SMILES string of the molecule is O=[N+]([O-])c1ccc(F)cc1C=CCCS. The van der Waals surface area contributed by atoms with Gasteiger partial charge in [0.1, 0.15) is 5.82 Å². The molecule has 0 aromatic heterocycles. The molecule has 0 unspecified atom stereocenters. The molecule has 3 nitrogen and oxygen atoms in total. The Kier molecular flexibility index (Phi) is 4.30. The van der Waals surface area contributed by atoms with E-state index in [0.29, 0.717) is 12.2 Å². The topological polar surface area (TPSA) is 43.1 Å². The summed E-state index contributed by atoms with van der Waals surface area (Å²) in [4.78, 5) is 10.1. The highest BCUT2D eigenvalue weighted by molar-refractivity contribution is 7.80. The van der Waals surface area contributed by atoms with Crippen LogP contribution in [0.1, 0.15) is 12.0 Å². The van der Waals surface area contributed by atoms with Gasteiger partial charge in [0.05, 0.1) is 10.5 Å². The number of hydrogen-bond acceptors (Lipinski definition) is 3. The molecule has 0 N–H and O–H groups in total. The molecule has 1 aromatic rings. The summed E-state index contributed by atoms with van der Waals surface area (Å²) in [6.07, 6.45) is 3.96. The first kappa shape index (κ1) is 11.7. The second-order valence-corrected chi connectivity index (χ2v) is 3.32. The summed E-state index contributed by atoms with van der Waals surface area (Å²) in [6.45, 7) is 0. The Labute approximate surface area is 92.2 Å². The summed E-state index contributed by atoms with van der Waals surface area (Å²) >= 11 is 3.99. The van der Waals surface area contributed by atoms with E-state index >= 15 is 0 Å². The minimum atomic E-state index is -0.528. The van der Waals surface area contributed by atoms with Crippen LogP contribution in [-0.2, 0) is 0 Å². The largest absolute Gasteiger partial charge is 0.276 e. The maximum atomic E-state index is 12.8. The Balaban J connectivity index is 3.02. The van der Waals surface area contributed by atoms with Crippen molar-refractivity contribution in [2.45, 2.75) is 6.42 Å². The van der Waals surface area contributed by atoms with Crippen LogP contribution < -0.4 is 0 Å². The maximum absolute atomic E-state index is 12.8. The Bertz CT molecular complexity index is 393. The van der Waals surface area contributed by atoms with Gasteiger partial charge in [-0.15, -0.1) is 0 Å². The number of allylic oxidation sites excluding steroid dienone is 1. The van der Waals surface area contributed by atoms with E-state index in [4.69, 9.17) is 0 Å². The molecule has 0 saturated heterocycles. The van der Waals surface area contributed by atoms with E-state index in [2.05, 4.69) is 12.6 Å². The molecule has 0 amide bonds. The van der Waals surface area contributed by atoms with E-state index < -0.39 is 10.7 Å². The molecule has 0 saturated carbocycles. The highest BCUT2D eigenvalue weighted by Crippen LogP contribution is 2.20. The third kappa shape index (κ3) is 3.36. The third-order valence-electron chi connectivity index (χ3n) is 1.78. The number of hydrogen-bond donors (Lipinski definition) is 1. The Hall–Kier alpha value is -1.36. The fourth-order valence-corrected chi connectivity index (χ4v) is 1.26. The summed E-state index contributed by atoms with van der Waals surface area (Å²) in [5.74, 6) is 0.172. The number of nitro benzene ring substituents is 1. The van der Waals surface area contributed by atoms with Crippen LogP contribution >= 0.6 is 12.6 Å². The molecule has 5 heteroatoms. The monoisotopic (exact) mass is 227 g/mol. The Morgan fingerprint density at radius 1 is 1.53 bits per heavy atom. The van der Waals surface area contributed by atoms with Crippen LogP contribution in [0.5, 0.6) is 0 Å². The van der Waals surface area contributed by atoms with Crippen molar-refractivity contribution in [1.29, 1.82) is 0 Å². The smallest absolute Gasteiger partial charge is 0.258 e. The van der Waals surface area contributed by atoms with Crippen molar-refractivity contribution in [2.75, 3.05) is 5.75 Å². The first-order chi connectivity index (χ1) is 7.15. The van der Waals surface area contributed by atoms with Crippen LogP contribution in [0.15, 0.2) is 24.3 Å². The van der Waals surface area contributed by atoms with E-state index in [1.54, 1.807) is 6.08 Å². The molecule has 0 heterocycles. The fourth-order valence-electron chi connectivity index (χ4n) is 1.11. The summed E-state index contributed by atoms with van der Waals surface area (Å²) in [7, 11) is 0. The van der Waals surface area contributed by atoms with Crippen molar-refractivity contribution < 1.29 is 9.31 Å². The van der Waals surface area contributed by atoms with Crippen molar-refractivity contribution in [3.63, 3.8) is 0 Å². The molecule has 80 valence electrons. The summed E-state index contributed by atoms with van der Waals surface area (Å²) in [6, 6.07) is 3.39. The van der Waals surface area contributed by atoms with E-state index in [1.165, 1.54) is 6.08 Å². The van der Waals surface area contributed by atoms with Crippen LogP contribution in [-0.4, -0.2) is 10.7 Å². The molecule has 15 heavy (non-hydrogen) atoms. The van der Waals surface area contributed by atoms with E-state index in [9.17, 15) is 14.5 Å². The predicted molar refractivity (Wildman–Crippen MR) is 60.6 cm³/mol. The van der Waals surface area contributed by atoms with Gasteiger partial charge in [-0.05, 0) is 24.3 Å². The molecule has 0 aliphatic rings. The van der Waals surface area contributed by atoms with Crippen LogP contribution in [0.25, 0.3) is 6.08 Å². The first-order valence-electron chi connectivity index (χ1n) is 4.36. The molecule has 0 aliphatic carbocycles. The summed E-state index contributed by atoms with van der Waals surface area (Å²) < 4.78 is 12.8. The number of thiol groups is 1. The van der Waals surface area contributed by atoms with Gasteiger partial charge in [-0.1, -0.05) is 12.2 Å². The minimum Gasteiger partial charge on any atom is -0.258 e. The van der Waals surface area contributed by atoms with E-state index in [0.717, 1.165) is 18.2 Å². The van der Waals surface area contributed by atoms with Gasteiger partial charge in [-0.3, -0.25) is 10.1 Å². The zero-order chi connectivity index (χ0) is 11.3. The summed E-state index contributed by atoms with van der Waals surface area (Å²) in [5.41, 5.74) is 0.189. The fraction of sp³-hybridized carbons (Fsp3) is 0.200. The van der Waals surface area contributed by atoms with Crippen molar-refractivity contribution >= 4 is 24.4 Å². The van der Waals surface area contributed by atoms with Crippen LogP contribution in [0.3, 0.4) is 0 Å². The average Bonchev–Trinajstić information content (AvgIpc) is 2.18. The molecule has 0 aliphatic heterocycles. The van der Waals surface area contributed by atoms with Crippen molar-refractivity contribution in [1.82, 2.24) is 0 Å². The molecule has 1 rings (SSSR count). The molecule has 0 atom stereocenters. The third-order valence-corrected chi connectivity index (χ3v) is 2.04. The number of nitrogens with zero attached hydrogens (tertiary/aromatic N) is 1. The Morgan fingerprint density at radius 2 is 2.27 bits per heavy atom. The van der Waals surface area contributed by atoms with Gasteiger partial charge < -0.3 is 0 Å². The summed E-state index contributed by atoms with van der Waals surface area (Å²) in [5, 5.41) is 10.6. The maximum Gasteiger partial charge on any atom is 0.276 e. The molecule has 1 aromatic carbocycles. The van der Waals surface area contributed by atoms with Gasteiger partial charge in [0.25, 0.3) is 5.69 Å². The number of rotatable bonds is 4. The molecule has 0 spiro atoms. The highest BCUT2D eigenvalue weighted by atomic mass is 32.1. The van der Waals surface area contributed by atoms with Gasteiger partial charge in [0.15, 0.2) is 0 Å². The first-order valence-corrected chi connectivity index (χ1v) is 4.99. The van der Waals surface area contributed by atoms with Gasteiger partial charge in [-0.2, -0.15) is 12.6 Å². The van der Waals surface area contributed by atoms with Crippen molar-refractivity contribution in [2.24, 2.45) is 0 Å². The zero-order valence-corrected chi connectivity index (χ0v) is 8.78. The second-order valence-electron chi connectivity index (χ2n) is 2.87. The predicted octanol–water partition coefficient (Wildman–Crippen LogP) is 3.07. The Morgan fingerprint density at radius 3 is 2.87 bits per heavy atom. The molecular weight excluding hydrogens is 217 g/mol. The van der Waals surface area contributed by atoms with Gasteiger partial charge in [0.2, 0.25) is 0 Å². The van der Waals surface area contributed by atoms with Crippen molar-refractivity contribution in [3.8, 4) is 0 Å². The van der Waals surface area contributed by atoms with Gasteiger partial charge >= 0.3 is 0 Å². The van der Waals surface area contributed by atoms with Crippen molar-refractivity contribution in [3.05, 3.63) is 45.8 Å². The highest BCUT2D eigenvalue weighted by Gasteiger charge is 2.11. The van der Waals surface area contributed by atoms with E-state index in [-0.39, 0.29) is 11.3 Å². The quantitative estimate of drug-likeness (QED) is 0.488. The molecule has 0 bridgehead atoms. The van der Waals surface area contributed by atoms with Gasteiger partial charge in [-0.25, -0.2) is 4.39 Å². The zero-order valence-electron chi connectivity index (χ0n) is 7.89. The van der Waals surface area contributed by atoms with Crippen LogP contribution in [0, 0.1) is 15.9 Å². The van der Waals surface area contributed by atoms with E-state index in [1.807, 2.05) is 0 Å². The second kappa shape index (κ2) is 5.50. The van der Waals surface area contributed by atoms with Crippen LogP contribution in [0.4, 0.5) is 10.1 Å².